The smallest absolute Gasteiger partial charge is 0.115 e. The number of phenols is 1. The molecular formula is C17H25NO. The lowest BCUT2D eigenvalue weighted by Crippen LogP contribution is -2.55. The molecule has 1 spiro atoms. The molecule has 0 amide bonds. The maximum atomic E-state index is 9.62. The van der Waals surface area contributed by atoms with Gasteiger partial charge in [-0.2, -0.15) is 0 Å². The van der Waals surface area contributed by atoms with E-state index in [0.717, 1.165) is 6.42 Å². The van der Waals surface area contributed by atoms with Crippen LogP contribution in [0.4, 0.5) is 0 Å². The maximum Gasteiger partial charge on any atom is 0.115 e. The second-order valence-electron chi connectivity index (χ2n) is 6.30. The van der Waals surface area contributed by atoms with E-state index in [0.29, 0.717) is 11.3 Å². The van der Waals surface area contributed by atoms with Crippen molar-refractivity contribution in [1.82, 2.24) is 4.90 Å². The summed E-state index contributed by atoms with van der Waals surface area (Å²) in [4.78, 5) is 2.76. The fourth-order valence-electron chi connectivity index (χ4n) is 4.08. The van der Waals surface area contributed by atoms with Gasteiger partial charge in [-0.3, -0.25) is 4.90 Å². The number of fused-ring (bicyclic) bond motifs is 1. The van der Waals surface area contributed by atoms with Crippen LogP contribution in [0.5, 0.6) is 5.75 Å². The number of likely N-dealkylation sites (tertiary alicyclic amines) is 1. The second kappa shape index (κ2) is 5.16. The lowest BCUT2D eigenvalue weighted by atomic mass is 9.72. The van der Waals surface area contributed by atoms with Crippen LogP contribution in [-0.2, 0) is 12.8 Å². The molecule has 2 heteroatoms. The first-order valence-corrected chi connectivity index (χ1v) is 7.79. The van der Waals surface area contributed by atoms with E-state index >= 15 is 0 Å². The average molecular weight is 259 g/mol. The van der Waals surface area contributed by atoms with Gasteiger partial charge >= 0.3 is 0 Å². The average Bonchev–Trinajstić information content (AvgIpc) is 2.42. The molecule has 3 rings (SSSR count). The van der Waals surface area contributed by atoms with Crippen molar-refractivity contribution in [2.45, 2.75) is 57.4 Å². The highest BCUT2D eigenvalue weighted by atomic mass is 16.3. The lowest BCUT2D eigenvalue weighted by Gasteiger charge is -2.50. The van der Waals surface area contributed by atoms with Crippen molar-refractivity contribution >= 4 is 0 Å². The van der Waals surface area contributed by atoms with Crippen molar-refractivity contribution in [3.63, 3.8) is 0 Å². The molecule has 1 heterocycles. The van der Waals surface area contributed by atoms with Gasteiger partial charge in [0, 0.05) is 5.54 Å². The molecule has 2 nitrogen and oxygen atoms in total. The number of hydrogen-bond donors (Lipinski definition) is 1. The lowest BCUT2D eigenvalue weighted by molar-refractivity contribution is 0.0340. The Morgan fingerprint density at radius 2 is 2.11 bits per heavy atom. The van der Waals surface area contributed by atoms with Gasteiger partial charge in [0.1, 0.15) is 5.75 Å². The van der Waals surface area contributed by atoms with Crippen LogP contribution < -0.4 is 0 Å². The quantitative estimate of drug-likeness (QED) is 0.878. The SMILES string of the molecule is CCCN1CCCCC12CCc1cc(O)ccc1C2. The third kappa shape index (κ3) is 2.38. The van der Waals surface area contributed by atoms with Gasteiger partial charge in [-0.05, 0) is 74.9 Å². The van der Waals surface area contributed by atoms with E-state index in [9.17, 15) is 5.11 Å². The molecule has 1 aromatic carbocycles. The van der Waals surface area contributed by atoms with Crippen molar-refractivity contribution in [1.29, 1.82) is 0 Å². The van der Waals surface area contributed by atoms with Gasteiger partial charge in [0.25, 0.3) is 0 Å². The van der Waals surface area contributed by atoms with Gasteiger partial charge in [-0.15, -0.1) is 0 Å². The van der Waals surface area contributed by atoms with Crippen LogP contribution in [0.2, 0.25) is 0 Å². The van der Waals surface area contributed by atoms with E-state index in [1.165, 1.54) is 62.7 Å². The molecule has 0 radical (unpaired) electrons. The molecule has 2 aliphatic rings. The molecular weight excluding hydrogens is 234 g/mol. The van der Waals surface area contributed by atoms with Crippen LogP contribution in [0, 0.1) is 0 Å². The molecule has 1 aromatic rings. The molecule has 0 saturated carbocycles. The van der Waals surface area contributed by atoms with Gasteiger partial charge in [-0.1, -0.05) is 19.4 Å². The van der Waals surface area contributed by atoms with Crippen LogP contribution in [-0.4, -0.2) is 28.6 Å². The van der Waals surface area contributed by atoms with Crippen molar-refractivity contribution in [3.05, 3.63) is 29.3 Å². The summed E-state index contributed by atoms with van der Waals surface area (Å²) in [6.07, 6.45) is 8.94. The number of nitrogens with zero attached hydrogens (tertiary/aromatic N) is 1. The molecule has 104 valence electrons. The van der Waals surface area contributed by atoms with Gasteiger partial charge in [0.2, 0.25) is 0 Å². The molecule has 1 fully saturated rings. The van der Waals surface area contributed by atoms with Gasteiger partial charge in [0.15, 0.2) is 0 Å². The zero-order valence-corrected chi connectivity index (χ0v) is 12.0. The van der Waals surface area contributed by atoms with Crippen LogP contribution in [0.25, 0.3) is 0 Å². The number of aryl methyl sites for hydroxylation is 1. The first-order valence-electron chi connectivity index (χ1n) is 7.79. The Morgan fingerprint density at radius 1 is 1.21 bits per heavy atom. The fourth-order valence-corrected chi connectivity index (χ4v) is 4.08. The Hall–Kier alpha value is -1.02. The van der Waals surface area contributed by atoms with E-state index in [-0.39, 0.29) is 0 Å². The highest BCUT2D eigenvalue weighted by Crippen LogP contribution is 2.40. The summed E-state index contributed by atoms with van der Waals surface area (Å²) in [5.74, 6) is 0.420. The molecule has 1 unspecified atom stereocenters. The number of benzene rings is 1. The van der Waals surface area contributed by atoms with Crippen LogP contribution >= 0.6 is 0 Å². The van der Waals surface area contributed by atoms with Crippen molar-refractivity contribution in [3.8, 4) is 5.75 Å². The van der Waals surface area contributed by atoms with Gasteiger partial charge in [-0.25, -0.2) is 0 Å². The highest BCUT2D eigenvalue weighted by molar-refractivity contribution is 5.38. The predicted octanol–water partition coefficient (Wildman–Crippen LogP) is 3.52. The van der Waals surface area contributed by atoms with E-state index in [4.69, 9.17) is 0 Å². The summed E-state index contributed by atoms with van der Waals surface area (Å²) in [5.41, 5.74) is 3.25. The molecule has 19 heavy (non-hydrogen) atoms. The van der Waals surface area contributed by atoms with Crippen LogP contribution in [0.1, 0.15) is 50.2 Å². The third-order valence-corrected chi connectivity index (χ3v) is 5.05. The molecule has 1 aliphatic carbocycles. The standard InChI is InChI=1S/C17H25NO/c1-2-10-18-11-4-3-8-17(18)9-7-14-12-16(19)6-5-15(14)13-17/h5-6,12,19H,2-4,7-11,13H2,1H3. The van der Waals surface area contributed by atoms with Gasteiger partial charge in [0.05, 0.1) is 0 Å². The van der Waals surface area contributed by atoms with Crippen LogP contribution in [0.3, 0.4) is 0 Å². The monoisotopic (exact) mass is 259 g/mol. The summed E-state index contributed by atoms with van der Waals surface area (Å²) in [6.45, 7) is 4.81. The van der Waals surface area contributed by atoms with Crippen molar-refractivity contribution < 1.29 is 5.11 Å². The number of hydrogen-bond acceptors (Lipinski definition) is 2. The van der Waals surface area contributed by atoms with Crippen LogP contribution in [0.15, 0.2) is 18.2 Å². The largest absolute Gasteiger partial charge is 0.508 e. The second-order valence-corrected chi connectivity index (χ2v) is 6.30. The first-order chi connectivity index (χ1) is 9.23. The maximum absolute atomic E-state index is 9.62. The Bertz CT molecular complexity index is 455. The minimum absolute atomic E-state index is 0.415. The van der Waals surface area contributed by atoms with E-state index in [1.54, 1.807) is 0 Å². The Morgan fingerprint density at radius 3 is 2.95 bits per heavy atom. The Balaban J connectivity index is 1.87. The number of aromatic hydroxyl groups is 1. The fraction of sp³-hybridized carbons (Fsp3) is 0.647. The summed E-state index contributed by atoms with van der Waals surface area (Å²) < 4.78 is 0. The molecule has 1 saturated heterocycles. The highest BCUT2D eigenvalue weighted by Gasteiger charge is 2.40. The topological polar surface area (TPSA) is 23.5 Å². The summed E-state index contributed by atoms with van der Waals surface area (Å²) in [7, 11) is 0. The first kappa shape index (κ1) is 13.0. The molecule has 0 aromatic heterocycles. The zero-order valence-electron chi connectivity index (χ0n) is 12.0. The molecule has 1 N–H and O–H groups in total. The van der Waals surface area contributed by atoms with E-state index in [1.807, 2.05) is 12.1 Å². The zero-order chi connectivity index (χ0) is 13.3. The molecule has 0 bridgehead atoms. The number of piperidine rings is 1. The number of rotatable bonds is 2. The Kier molecular flexibility index (Phi) is 3.53. The Labute approximate surface area is 116 Å². The minimum Gasteiger partial charge on any atom is -0.508 e. The van der Waals surface area contributed by atoms with Crippen molar-refractivity contribution in [2.75, 3.05) is 13.1 Å². The normalized spacial score (nSPS) is 27.4. The molecule has 1 aliphatic heterocycles. The summed E-state index contributed by atoms with van der Waals surface area (Å²) >= 11 is 0. The predicted molar refractivity (Wildman–Crippen MR) is 78.6 cm³/mol. The van der Waals surface area contributed by atoms with Gasteiger partial charge < -0.3 is 5.11 Å². The van der Waals surface area contributed by atoms with E-state index < -0.39 is 0 Å². The van der Waals surface area contributed by atoms with E-state index in [2.05, 4.69) is 17.9 Å². The molecule has 1 atom stereocenters. The minimum atomic E-state index is 0.415. The summed E-state index contributed by atoms with van der Waals surface area (Å²) in [5, 5.41) is 9.62. The summed E-state index contributed by atoms with van der Waals surface area (Å²) in [6, 6.07) is 5.96. The number of phenolic OH excluding ortho intramolecular Hbond substituents is 1. The third-order valence-electron chi connectivity index (χ3n) is 5.05. The van der Waals surface area contributed by atoms with Crippen molar-refractivity contribution in [2.24, 2.45) is 0 Å².